The normalized spacial score (nSPS) is 10.8. The molecule has 2 rings (SSSR count). The Balaban J connectivity index is 2.46. The van der Waals surface area contributed by atoms with E-state index in [0.29, 0.717) is 11.3 Å². The molecule has 3 heteroatoms. The van der Waals surface area contributed by atoms with E-state index in [1.807, 2.05) is 39.8 Å². The fraction of sp³-hybridized carbons (Fsp3) is 0.308. The molecule has 16 heavy (non-hydrogen) atoms. The summed E-state index contributed by atoms with van der Waals surface area (Å²) in [5, 5.41) is 0. The molecule has 0 unspecified atom stereocenters. The first-order valence-electron chi connectivity index (χ1n) is 5.18. The van der Waals surface area contributed by atoms with Gasteiger partial charge in [-0.1, -0.05) is 0 Å². The van der Waals surface area contributed by atoms with Gasteiger partial charge < -0.3 is 4.42 Å². The summed E-state index contributed by atoms with van der Waals surface area (Å²) >= 11 is 1.54. The summed E-state index contributed by atoms with van der Waals surface area (Å²) in [5.41, 5.74) is 1.73. The molecule has 84 valence electrons. The van der Waals surface area contributed by atoms with Crippen molar-refractivity contribution < 1.29 is 9.21 Å². The summed E-state index contributed by atoms with van der Waals surface area (Å²) in [6.45, 7) is 7.67. The first kappa shape index (κ1) is 11.1. The quantitative estimate of drug-likeness (QED) is 0.740. The average Bonchev–Trinajstić information content (AvgIpc) is 2.68. The van der Waals surface area contributed by atoms with Crippen molar-refractivity contribution in [1.29, 1.82) is 0 Å². The molecule has 0 saturated heterocycles. The number of carbonyl (C=O) groups excluding carboxylic acids is 1. The van der Waals surface area contributed by atoms with Crippen LogP contribution in [0.1, 0.15) is 37.2 Å². The van der Waals surface area contributed by atoms with E-state index >= 15 is 0 Å². The Kier molecular flexibility index (Phi) is 2.72. The Morgan fingerprint density at radius 1 is 1.19 bits per heavy atom. The van der Waals surface area contributed by atoms with E-state index in [9.17, 15) is 4.79 Å². The molecule has 0 aliphatic carbocycles. The third kappa shape index (κ3) is 1.83. The van der Waals surface area contributed by atoms with Crippen LogP contribution in [0.2, 0.25) is 0 Å². The van der Waals surface area contributed by atoms with Gasteiger partial charge >= 0.3 is 0 Å². The van der Waals surface area contributed by atoms with Crippen LogP contribution in [-0.2, 0) is 0 Å². The topological polar surface area (TPSA) is 30.2 Å². The van der Waals surface area contributed by atoms with E-state index in [1.165, 1.54) is 4.88 Å². The van der Waals surface area contributed by atoms with Crippen LogP contribution in [0.5, 0.6) is 0 Å². The molecule has 0 saturated carbocycles. The number of rotatable bonds is 2. The lowest BCUT2D eigenvalue weighted by Crippen LogP contribution is -2.00. The number of thiophene rings is 1. The predicted octanol–water partition coefficient (Wildman–Crippen LogP) is 3.81. The second kappa shape index (κ2) is 3.91. The van der Waals surface area contributed by atoms with Gasteiger partial charge in [-0.15, -0.1) is 11.3 Å². The van der Waals surface area contributed by atoms with Gasteiger partial charge in [-0.05, 0) is 45.4 Å². The minimum Gasteiger partial charge on any atom is -0.466 e. The molecule has 0 radical (unpaired) electrons. The highest BCUT2D eigenvalue weighted by molar-refractivity contribution is 7.14. The predicted molar refractivity (Wildman–Crippen MR) is 65.4 cm³/mol. The molecule has 2 nitrogen and oxygen atoms in total. The largest absolute Gasteiger partial charge is 0.466 e. The standard InChI is InChI=1S/C13H14O2S/c1-7-5-9(3)16-13(7)12(14)11-6-8(2)15-10(11)4/h5-6H,1-4H3. The smallest absolute Gasteiger partial charge is 0.206 e. The van der Waals surface area contributed by atoms with Crippen LogP contribution in [-0.4, -0.2) is 5.78 Å². The van der Waals surface area contributed by atoms with Gasteiger partial charge in [0, 0.05) is 4.88 Å². The monoisotopic (exact) mass is 234 g/mol. The van der Waals surface area contributed by atoms with Crippen molar-refractivity contribution in [3.05, 3.63) is 44.5 Å². The van der Waals surface area contributed by atoms with Crippen molar-refractivity contribution in [2.24, 2.45) is 0 Å². The van der Waals surface area contributed by atoms with E-state index in [4.69, 9.17) is 4.42 Å². The van der Waals surface area contributed by atoms with Crippen molar-refractivity contribution in [2.75, 3.05) is 0 Å². The minimum absolute atomic E-state index is 0.0740. The zero-order valence-electron chi connectivity index (χ0n) is 9.88. The molecule has 0 aromatic carbocycles. The number of carbonyl (C=O) groups is 1. The molecule has 0 bridgehead atoms. The SMILES string of the molecule is Cc1cc(C(=O)c2sc(C)cc2C)c(C)o1. The number of aryl methyl sites for hydroxylation is 4. The molecular weight excluding hydrogens is 220 g/mol. The highest BCUT2D eigenvalue weighted by atomic mass is 32.1. The number of ketones is 1. The van der Waals surface area contributed by atoms with E-state index in [0.717, 1.165) is 16.2 Å². The molecule has 0 spiro atoms. The fourth-order valence-electron chi connectivity index (χ4n) is 1.85. The zero-order chi connectivity index (χ0) is 11.9. The zero-order valence-corrected chi connectivity index (χ0v) is 10.7. The van der Waals surface area contributed by atoms with Gasteiger partial charge in [-0.3, -0.25) is 4.79 Å². The van der Waals surface area contributed by atoms with Gasteiger partial charge in [0.25, 0.3) is 0 Å². The maximum Gasteiger partial charge on any atom is 0.206 e. The van der Waals surface area contributed by atoms with Crippen LogP contribution in [0.3, 0.4) is 0 Å². The number of hydrogen-bond donors (Lipinski definition) is 0. The van der Waals surface area contributed by atoms with Crippen LogP contribution in [0.4, 0.5) is 0 Å². The molecule has 0 aliphatic rings. The third-order valence-electron chi connectivity index (χ3n) is 2.53. The van der Waals surface area contributed by atoms with Crippen LogP contribution in [0, 0.1) is 27.7 Å². The van der Waals surface area contributed by atoms with Gasteiger partial charge in [-0.2, -0.15) is 0 Å². The molecule has 0 fully saturated rings. The molecule has 0 N–H and O–H groups in total. The van der Waals surface area contributed by atoms with Gasteiger partial charge in [0.2, 0.25) is 5.78 Å². The lowest BCUT2D eigenvalue weighted by Gasteiger charge is -1.96. The maximum absolute atomic E-state index is 12.3. The summed E-state index contributed by atoms with van der Waals surface area (Å²) in [6.07, 6.45) is 0. The van der Waals surface area contributed by atoms with E-state index in [2.05, 4.69) is 0 Å². The van der Waals surface area contributed by atoms with Crippen molar-refractivity contribution in [3.63, 3.8) is 0 Å². The summed E-state index contributed by atoms with van der Waals surface area (Å²) in [4.78, 5) is 14.3. The van der Waals surface area contributed by atoms with E-state index in [-0.39, 0.29) is 5.78 Å². The van der Waals surface area contributed by atoms with Crippen LogP contribution in [0.25, 0.3) is 0 Å². The first-order chi connectivity index (χ1) is 7.49. The van der Waals surface area contributed by atoms with Gasteiger partial charge in [-0.25, -0.2) is 0 Å². The van der Waals surface area contributed by atoms with Crippen molar-refractivity contribution >= 4 is 17.1 Å². The molecular formula is C13H14O2S. The Hall–Kier alpha value is -1.35. The Morgan fingerprint density at radius 2 is 1.88 bits per heavy atom. The van der Waals surface area contributed by atoms with Crippen molar-refractivity contribution in [1.82, 2.24) is 0 Å². The Morgan fingerprint density at radius 3 is 2.31 bits per heavy atom. The summed E-state index contributed by atoms with van der Waals surface area (Å²) < 4.78 is 5.39. The Bertz CT molecular complexity index is 498. The lowest BCUT2D eigenvalue weighted by atomic mass is 10.1. The molecule has 0 aliphatic heterocycles. The molecule has 2 aromatic rings. The van der Waals surface area contributed by atoms with E-state index in [1.54, 1.807) is 11.3 Å². The number of furan rings is 1. The van der Waals surface area contributed by atoms with Crippen LogP contribution < -0.4 is 0 Å². The number of hydrogen-bond acceptors (Lipinski definition) is 3. The summed E-state index contributed by atoms with van der Waals surface area (Å²) in [7, 11) is 0. The first-order valence-corrected chi connectivity index (χ1v) is 5.99. The third-order valence-corrected chi connectivity index (χ3v) is 3.68. The average molecular weight is 234 g/mol. The second-order valence-electron chi connectivity index (χ2n) is 4.03. The molecule has 0 amide bonds. The van der Waals surface area contributed by atoms with Crippen LogP contribution in [0.15, 0.2) is 16.5 Å². The van der Waals surface area contributed by atoms with Gasteiger partial charge in [0.05, 0.1) is 10.4 Å². The minimum atomic E-state index is 0.0740. The highest BCUT2D eigenvalue weighted by Crippen LogP contribution is 2.26. The lowest BCUT2D eigenvalue weighted by molar-refractivity contribution is 0.104. The maximum atomic E-state index is 12.3. The summed E-state index contributed by atoms with van der Waals surface area (Å²) in [5.74, 6) is 1.56. The van der Waals surface area contributed by atoms with Crippen LogP contribution >= 0.6 is 11.3 Å². The molecule has 0 atom stereocenters. The fourth-order valence-corrected chi connectivity index (χ4v) is 2.83. The van der Waals surface area contributed by atoms with Gasteiger partial charge in [0.1, 0.15) is 11.5 Å². The summed E-state index contributed by atoms with van der Waals surface area (Å²) in [6, 6.07) is 3.85. The van der Waals surface area contributed by atoms with E-state index < -0.39 is 0 Å². The Labute approximate surface area is 98.9 Å². The van der Waals surface area contributed by atoms with Crippen molar-refractivity contribution in [3.8, 4) is 0 Å². The van der Waals surface area contributed by atoms with Gasteiger partial charge in [0.15, 0.2) is 0 Å². The molecule has 2 aromatic heterocycles. The highest BCUT2D eigenvalue weighted by Gasteiger charge is 2.19. The molecule has 2 heterocycles. The van der Waals surface area contributed by atoms with Crippen molar-refractivity contribution in [2.45, 2.75) is 27.7 Å². The second-order valence-corrected chi connectivity index (χ2v) is 5.28.